The highest BCUT2D eigenvalue weighted by Crippen LogP contribution is 2.33. The van der Waals surface area contributed by atoms with E-state index < -0.39 is 0 Å². The summed E-state index contributed by atoms with van der Waals surface area (Å²) in [4.78, 5) is 21.6. The van der Waals surface area contributed by atoms with Crippen LogP contribution in [0, 0.1) is 6.92 Å². The second kappa shape index (κ2) is 8.82. The first kappa shape index (κ1) is 21.8. The first-order valence-corrected chi connectivity index (χ1v) is 11.3. The lowest BCUT2D eigenvalue weighted by Crippen LogP contribution is -2.13. The molecule has 0 aliphatic carbocycles. The van der Waals surface area contributed by atoms with Gasteiger partial charge in [0.2, 0.25) is 12.7 Å². The summed E-state index contributed by atoms with van der Waals surface area (Å²) >= 11 is 6.16. The Morgan fingerprint density at radius 1 is 1.08 bits per heavy atom. The minimum absolute atomic E-state index is 0.195. The molecule has 0 bridgehead atoms. The zero-order valence-electron chi connectivity index (χ0n) is 18.9. The Hall–Kier alpha value is -4.70. The molecular formula is C25H18ClN7O3. The quantitative estimate of drug-likeness (QED) is 0.358. The molecule has 1 aliphatic heterocycles. The number of rotatable bonds is 5. The van der Waals surface area contributed by atoms with Crippen LogP contribution < -0.4 is 14.8 Å². The highest BCUT2D eigenvalue weighted by atomic mass is 35.5. The Kier molecular flexibility index (Phi) is 5.34. The van der Waals surface area contributed by atoms with Gasteiger partial charge in [0.15, 0.2) is 23.0 Å². The molecule has 0 saturated heterocycles. The fourth-order valence-electron chi connectivity index (χ4n) is 3.90. The summed E-state index contributed by atoms with van der Waals surface area (Å²) in [7, 11) is 0. The fraction of sp³-hybridized carbons (Fsp3) is 0.0800. The van der Waals surface area contributed by atoms with Crippen LogP contribution in [0.15, 0.2) is 67.1 Å². The number of amides is 1. The number of benzene rings is 2. The Bertz CT molecular complexity index is 1660. The van der Waals surface area contributed by atoms with Crippen LogP contribution >= 0.6 is 11.6 Å². The number of nitrogens with one attached hydrogen (secondary N) is 1. The van der Waals surface area contributed by atoms with E-state index in [1.807, 2.05) is 37.3 Å². The van der Waals surface area contributed by atoms with Gasteiger partial charge in [0.1, 0.15) is 12.1 Å². The molecule has 11 heteroatoms. The summed E-state index contributed by atoms with van der Waals surface area (Å²) < 4.78 is 13.9. The van der Waals surface area contributed by atoms with E-state index in [-0.39, 0.29) is 12.7 Å². The maximum Gasteiger partial charge on any atom is 0.249 e. The van der Waals surface area contributed by atoms with Crippen molar-refractivity contribution in [3.63, 3.8) is 0 Å². The average Bonchev–Trinajstić information content (AvgIpc) is 3.60. The fourth-order valence-corrected chi connectivity index (χ4v) is 4.09. The summed E-state index contributed by atoms with van der Waals surface area (Å²) in [5.74, 6) is 1.96. The van der Waals surface area contributed by atoms with Crippen LogP contribution in [-0.4, -0.2) is 42.2 Å². The number of aryl methyl sites for hydroxylation is 1. The summed E-state index contributed by atoms with van der Waals surface area (Å²) in [5, 5.41) is 13.1. The third kappa shape index (κ3) is 4.03. The third-order valence-corrected chi connectivity index (χ3v) is 5.74. The Morgan fingerprint density at radius 3 is 2.86 bits per heavy atom. The molecule has 5 aromatic rings. The summed E-state index contributed by atoms with van der Waals surface area (Å²) in [5.41, 5.74) is 2.86. The number of ether oxygens (including phenoxy) is 2. The number of halogens is 1. The van der Waals surface area contributed by atoms with E-state index in [4.69, 9.17) is 21.1 Å². The summed E-state index contributed by atoms with van der Waals surface area (Å²) in [6.45, 7) is 2.03. The number of carbonyl (C=O) groups excluding carboxylic acids is 1. The number of hydrogen-bond acceptors (Lipinski definition) is 7. The van der Waals surface area contributed by atoms with Gasteiger partial charge in [-0.2, -0.15) is 14.9 Å². The SMILES string of the molecule is Cc1cc(NC(=O)/C=C/c2ccc3c(c2)OCO3)n(-c2ncnc3c2cnn3-c2cccc(Cl)c2)n1. The van der Waals surface area contributed by atoms with Crippen molar-refractivity contribution in [1.29, 1.82) is 0 Å². The molecule has 0 radical (unpaired) electrons. The average molecular weight is 500 g/mol. The standard InChI is InChI=1S/C25H18ClN7O3/c1-15-9-22(30-23(34)8-6-16-5-7-20-21(10-16)36-14-35-20)33(31-15)25-19-12-29-32(24(19)27-13-28-25)18-4-2-3-17(26)11-18/h2-13H,14H2,1H3,(H,30,34)/b8-6+. The minimum Gasteiger partial charge on any atom is -0.454 e. The van der Waals surface area contributed by atoms with Crippen molar-refractivity contribution in [1.82, 2.24) is 29.5 Å². The molecule has 0 atom stereocenters. The van der Waals surface area contributed by atoms with Gasteiger partial charge in [-0.25, -0.2) is 14.6 Å². The zero-order chi connectivity index (χ0) is 24.6. The molecule has 36 heavy (non-hydrogen) atoms. The van der Waals surface area contributed by atoms with Crippen LogP contribution in [-0.2, 0) is 4.79 Å². The zero-order valence-corrected chi connectivity index (χ0v) is 19.7. The Labute approximate surface area is 209 Å². The second-order valence-corrected chi connectivity index (χ2v) is 8.43. The van der Waals surface area contributed by atoms with Crippen LogP contribution in [0.1, 0.15) is 11.3 Å². The highest BCUT2D eigenvalue weighted by molar-refractivity contribution is 6.30. The van der Waals surface area contributed by atoms with Crippen LogP contribution in [0.5, 0.6) is 11.5 Å². The van der Waals surface area contributed by atoms with Gasteiger partial charge in [0, 0.05) is 17.2 Å². The normalized spacial score (nSPS) is 12.5. The molecule has 178 valence electrons. The molecule has 4 heterocycles. The highest BCUT2D eigenvalue weighted by Gasteiger charge is 2.17. The van der Waals surface area contributed by atoms with Gasteiger partial charge in [-0.3, -0.25) is 4.79 Å². The van der Waals surface area contributed by atoms with Gasteiger partial charge in [-0.05, 0) is 48.9 Å². The van der Waals surface area contributed by atoms with Gasteiger partial charge in [0.05, 0.1) is 23.0 Å². The Morgan fingerprint density at radius 2 is 1.97 bits per heavy atom. The maximum absolute atomic E-state index is 12.7. The van der Waals surface area contributed by atoms with E-state index in [0.717, 1.165) is 11.3 Å². The molecule has 0 saturated carbocycles. The second-order valence-electron chi connectivity index (χ2n) is 7.99. The van der Waals surface area contributed by atoms with Crippen LogP contribution in [0.4, 0.5) is 5.82 Å². The first-order chi connectivity index (χ1) is 17.5. The smallest absolute Gasteiger partial charge is 0.249 e. The third-order valence-electron chi connectivity index (χ3n) is 5.50. The molecule has 0 spiro atoms. The van der Waals surface area contributed by atoms with Crippen LogP contribution in [0.2, 0.25) is 5.02 Å². The van der Waals surface area contributed by atoms with Gasteiger partial charge < -0.3 is 14.8 Å². The van der Waals surface area contributed by atoms with Gasteiger partial charge >= 0.3 is 0 Å². The molecule has 1 N–H and O–H groups in total. The molecule has 2 aromatic carbocycles. The summed E-state index contributed by atoms with van der Waals surface area (Å²) in [6.07, 6.45) is 6.23. The van der Waals surface area contributed by atoms with Crippen LogP contribution in [0.3, 0.4) is 0 Å². The number of anilines is 1. The lowest BCUT2D eigenvalue weighted by atomic mass is 10.2. The maximum atomic E-state index is 12.7. The first-order valence-electron chi connectivity index (χ1n) is 11.0. The molecule has 6 rings (SSSR count). The lowest BCUT2D eigenvalue weighted by Gasteiger charge is -2.08. The predicted octanol–water partition coefficient (Wildman–Crippen LogP) is 4.34. The Balaban J connectivity index is 1.30. The number of carbonyl (C=O) groups is 1. The monoisotopic (exact) mass is 499 g/mol. The molecule has 3 aromatic heterocycles. The van der Waals surface area contributed by atoms with E-state index in [0.29, 0.717) is 44.9 Å². The van der Waals surface area contributed by atoms with Gasteiger partial charge in [-0.15, -0.1) is 0 Å². The van der Waals surface area contributed by atoms with Crippen molar-refractivity contribution in [2.75, 3.05) is 12.1 Å². The van der Waals surface area contributed by atoms with E-state index in [2.05, 4.69) is 25.5 Å². The number of nitrogens with zero attached hydrogens (tertiary/aromatic N) is 6. The number of fused-ring (bicyclic) bond motifs is 2. The van der Waals surface area contributed by atoms with Crippen molar-refractivity contribution < 1.29 is 14.3 Å². The molecule has 0 unspecified atom stereocenters. The molecule has 1 aliphatic rings. The van der Waals surface area contributed by atoms with Crippen molar-refractivity contribution >= 4 is 40.4 Å². The molecule has 10 nitrogen and oxygen atoms in total. The minimum atomic E-state index is -0.325. The van der Waals surface area contributed by atoms with E-state index in [1.165, 1.54) is 12.4 Å². The lowest BCUT2D eigenvalue weighted by molar-refractivity contribution is -0.111. The van der Waals surface area contributed by atoms with E-state index >= 15 is 0 Å². The van der Waals surface area contributed by atoms with E-state index in [1.54, 1.807) is 39.8 Å². The largest absolute Gasteiger partial charge is 0.454 e. The van der Waals surface area contributed by atoms with Crippen LogP contribution in [0.25, 0.3) is 28.6 Å². The number of aromatic nitrogens is 6. The molecule has 0 fully saturated rings. The van der Waals surface area contributed by atoms with Crippen molar-refractivity contribution in [2.24, 2.45) is 0 Å². The topological polar surface area (TPSA) is 109 Å². The summed E-state index contributed by atoms with van der Waals surface area (Å²) in [6, 6.07) is 14.6. The number of hydrogen-bond donors (Lipinski definition) is 1. The van der Waals surface area contributed by atoms with Crippen molar-refractivity contribution in [3.05, 3.63) is 83.4 Å². The van der Waals surface area contributed by atoms with Crippen molar-refractivity contribution in [2.45, 2.75) is 6.92 Å². The molecule has 1 amide bonds. The predicted molar refractivity (Wildman–Crippen MR) is 134 cm³/mol. The van der Waals surface area contributed by atoms with Crippen molar-refractivity contribution in [3.8, 4) is 23.0 Å². The van der Waals surface area contributed by atoms with E-state index in [9.17, 15) is 4.79 Å². The van der Waals surface area contributed by atoms with Gasteiger partial charge in [0.25, 0.3) is 0 Å². The van der Waals surface area contributed by atoms with Gasteiger partial charge in [-0.1, -0.05) is 23.7 Å². The molecular weight excluding hydrogens is 482 g/mol.